The summed E-state index contributed by atoms with van der Waals surface area (Å²) in [5.41, 5.74) is 0.244. The average Bonchev–Trinajstić information content (AvgIpc) is 2.51. The molecule has 7 heteroatoms. The summed E-state index contributed by atoms with van der Waals surface area (Å²) in [4.78, 5) is 23.5. The number of carboxylic acid groups (broad SMARTS) is 1. The van der Waals surface area contributed by atoms with Crippen LogP contribution in [0.2, 0.25) is 0 Å². The molecule has 0 heterocycles. The summed E-state index contributed by atoms with van der Waals surface area (Å²) in [6, 6.07) is 3.62. The second kappa shape index (κ2) is 8.99. The minimum absolute atomic E-state index is 0.126. The zero-order chi connectivity index (χ0) is 17.4. The number of ether oxygens (including phenoxy) is 3. The van der Waals surface area contributed by atoms with E-state index < -0.39 is 17.9 Å². The van der Waals surface area contributed by atoms with E-state index in [1.54, 1.807) is 12.1 Å². The molecule has 1 atom stereocenters. The summed E-state index contributed by atoms with van der Waals surface area (Å²) in [5.74, 6) is -0.546. The lowest BCUT2D eigenvalue weighted by molar-refractivity contribution is -0.140. The number of nitrogens with one attached hydrogen (secondary N) is 1. The van der Waals surface area contributed by atoms with Crippen molar-refractivity contribution in [1.29, 1.82) is 0 Å². The summed E-state index contributed by atoms with van der Waals surface area (Å²) in [5, 5.41) is 11.5. The lowest BCUT2D eigenvalue weighted by Gasteiger charge is -2.17. The van der Waals surface area contributed by atoms with E-state index in [1.165, 1.54) is 20.3 Å². The summed E-state index contributed by atoms with van der Waals surface area (Å²) in [7, 11) is 2.88. The molecule has 128 valence electrons. The molecule has 0 radical (unpaired) electrons. The third-order valence-electron chi connectivity index (χ3n) is 2.94. The van der Waals surface area contributed by atoms with Crippen molar-refractivity contribution in [2.24, 2.45) is 5.92 Å². The van der Waals surface area contributed by atoms with Crippen LogP contribution < -0.4 is 14.8 Å². The first-order valence-corrected chi connectivity index (χ1v) is 7.22. The Balaban J connectivity index is 2.99. The molecule has 1 rings (SSSR count). The van der Waals surface area contributed by atoms with Gasteiger partial charge in [-0.05, 0) is 18.1 Å². The Hall–Kier alpha value is -2.28. The van der Waals surface area contributed by atoms with Gasteiger partial charge in [-0.3, -0.25) is 4.79 Å². The molecule has 0 saturated carbocycles. The van der Waals surface area contributed by atoms with E-state index in [2.05, 4.69) is 5.32 Å². The van der Waals surface area contributed by atoms with Crippen molar-refractivity contribution in [3.8, 4) is 11.5 Å². The second-order valence-corrected chi connectivity index (χ2v) is 5.39. The number of amides is 1. The number of carbonyl (C=O) groups excluding carboxylic acids is 1. The molecule has 0 spiro atoms. The van der Waals surface area contributed by atoms with Gasteiger partial charge in [-0.2, -0.15) is 0 Å². The molecule has 1 unspecified atom stereocenters. The molecule has 7 nitrogen and oxygen atoms in total. The zero-order valence-electron chi connectivity index (χ0n) is 13.8. The zero-order valence-corrected chi connectivity index (χ0v) is 13.8. The molecule has 0 saturated heterocycles. The van der Waals surface area contributed by atoms with Gasteiger partial charge in [-0.25, -0.2) is 4.79 Å². The van der Waals surface area contributed by atoms with Crippen LogP contribution in [-0.4, -0.2) is 50.5 Å². The van der Waals surface area contributed by atoms with Crippen LogP contribution >= 0.6 is 0 Å². The normalized spacial score (nSPS) is 11.9. The van der Waals surface area contributed by atoms with E-state index in [0.717, 1.165) is 0 Å². The maximum Gasteiger partial charge on any atom is 0.328 e. The summed E-state index contributed by atoms with van der Waals surface area (Å²) < 4.78 is 15.6. The minimum Gasteiger partial charge on any atom is -0.497 e. The third kappa shape index (κ3) is 5.78. The standard InChI is InChI=1S/C16H23NO6/c1-10(2)8-23-14-7-11(22-4)5-6-12(14)15(18)17-13(9-21-3)16(19)20/h5-7,10,13H,8-9H2,1-4H3,(H,17,18)(H,19,20). The van der Waals surface area contributed by atoms with Gasteiger partial charge in [0.1, 0.15) is 11.5 Å². The molecule has 23 heavy (non-hydrogen) atoms. The van der Waals surface area contributed by atoms with Crippen molar-refractivity contribution in [1.82, 2.24) is 5.32 Å². The van der Waals surface area contributed by atoms with Crippen LogP contribution in [0.1, 0.15) is 24.2 Å². The van der Waals surface area contributed by atoms with Crippen molar-refractivity contribution < 1.29 is 28.9 Å². The first-order chi connectivity index (χ1) is 10.9. The Kier molecular flexibility index (Phi) is 7.34. The van der Waals surface area contributed by atoms with E-state index >= 15 is 0 Å². The van der Waals surface area contributed by atoms with Crippen LogP contribution in [0, 0.1) is 5.92 Å². The number of methoxy groups -OCH3 is 2. The number of carbonyl (C=O) groups is 2. The summed E-state index contributed by atoms with van der Waals surface area (Å²) >= 11 is 0. The average molecular weight is 325 g/mol. The molecule has 0 aromatic heterocycles. The fraction of sp³-hybridized carbons (Fsp3) is 0.500. The third-order valence-corrected chi connectivity index (χ3v) is 2.94. The van der Waals surface area contributed by atoms with Crippen molar-refractivity contribution in [2.45, 2.75) is 19.9 Å². The molecular weight excluding hydrogens is 302 g/mol. The van der Waals surface area contributed by atoms with Gasteiger partial charge in [-0.15, -0.1) is 0 Å². The molecule has 0 fully saturated rings. The van der Waals surface area contributed by atoms with Gasteiger partial charge in [0, 0.05) is 13.2 Å². The van der Waals surface area contributed by atoms with Crippen LogP contribution in [0.25, 0.3) is 0 Å². The van der Waals surface area contributed by atoms with Crippen LogP contribution in [0.4, 0.5) is 0 Å². The summed E-state index contributed by atoms with van der Waals surface area (Å²) in [6.45, 7) is 4.27. The molecule has 1 aromatic rings. The predicted molar refractivity (Wildman–Crippen MR) is 84.1 cm³/mol. The summed E-state index contributed by atoms with van der Waals surface area (Å²) in [6.07, 6.45) is 0. The van der Waals surface area contributed by atoms with Crippen molar-refractivity contribution >= 4 is 11.9 Å². The van der Waals surface area contributed by atoms with Gasteiger partial charge in [-0.1, -0.05) is 13.8 Å². The Bertz CT molecular complexity index is 543. The highest BCUT2D eigenvalue weighted by Crippen LogP contribution is 2.25. The maximum absolute atomic E-state index is 12.3. The van der Waals surface area contributed by atoms with E-state index in [4.69, 9.17) is 19.3 Å². The van der Waals surface area contributed by atoms with Gasteiger partial charge >= 0.3 is 5.97 Å². The molecule has 0 aliphatic rings. The van der Waals surface area contributed by atoms with E-state index in [9.17, 15) is 9.59 Å². The smallest absolute Gasteiger partial charge is 0.328 e. The number of carboxylic acids is 1. The number of hydrogen-bond donors (Lipinski definition) is 2. The fourth-order valence-electron chi connectivity index (χ4n) is 1.77. The minimum atomic E-state index is -1.17. The Morgan fingerprint density at radius 2 is 1.91 bits per heavy atom. The van der Waals surface area contributed by atoms with Crippen LogP contribution in [0.3, 0.4) is 0 Å². The Morgan fingerprint density at radius 3 is 2.43 bits per heavy atom. The van der Waals surface area contributed by atoms with E-state index in [1.807, 2.05) is 13.8 Å². The van der Waals surface area contributed by atoms with Gasteiger partial charge in [0.05, 0.1) is 25.9 Å². The van der Waals surface area contributed by atoms with Gasteiger partial charge < -0.3 is 24.6 Å². The van der Waals surface area contributed by atoms with E-state index in [0.29, 0.717) is 18.1 Å². The Morgan fingerprint density at radius 1 is 1.22 bits per heavy atom. The van der Waals surface area contributed by atoms with Gasteiger partial charge in [0.15, 0.2) is 6.04 Å². The Labute approximate surface area is 135 Å². The number of rotatable bonds is 9. The highest BCUT2D eigenvalue weighted by Gasteiger charge is 2.22. The molecule has 0 aliphatic heterocycles. The molecule has 2 N–H and O–H groups in total. The fourth-order valence-corrected chi connectivity index (χ4v) is 1.77. The highest BCUT2D eigenvalue weighted by molar-refractivity contribution is 5.99. The van der Waals surface area contributed by atoms with Crippen LogP contribution in [-0.2, 0) is 9.53 Å². The first kappa shape index (κ1) is 18.8. The second-order valence-electron chi connectivity index (χ2n) is 5.39. The topological polar surface area (TPSA) is 94.1 Å². The first-order valence-electron chi connectivity index (χ1n) is 7.22. The quantitative estimate of drug-likeness (QED) is 0.715. The van der Waals surface area contributed by atoms with Crippen LogP contribution in [0.15, 0.2) is 18.2 Å². The molecule has 0 aliphatic carbocycles. The lowest BCUT2D eigenvalue weighted by atomic mass is 10.1. The molecule has 0 bridgehead atoms. The van der Waals surface area contributed by atoms with Crippen LogP contribution in [0.5, 0.6) is 11.5 Å². The largest absolute Gasteiger partial charge is 0.497 e. The number of aliphatic carboxylic acids is 1. The molecular formula is C16H23NO6. The van der Waals surface area contributed by atoms with Crippen molar-refractivity contribution in [3.05, 3.63) is 23.8 Å². The predicted octanol–water partition coefficient (Wildman–Crippen LogP) is 1.56. The van der Waals surface area contributed by atoms with Crippen molar-refractivity contribution in [3.63, 3.8) is 0 Å². The molecule has 1 amide bonds. The maximum atomic E-state index is 12.3. The van der Waals surface area contributed by atoms with Crippen molar-refractivity contribution in [2.75, 3.05) is 27.4 Å². The lowest BCUT2D eigenvalue weighted by Crippen LogP contribution is -2.43. The number of benzene rings is 1. The monoisotopic (exact) mass is 325 g/mol. The highest BCUT2D eigenvalue weighted by atomic mass is 16.5. The SMILES string of the molecule is COCC(NC(=O)c1ccc(OC)cc1OCC(C)C)C(=O)O. The molecule has 1 aromatic carbocycles. The van der Waals surface area contributed by atoms with Gasteiger partial charge in [0.25, 0.3) is 5.91 Å². The van der Waals surface area contributed by atoms with Gasteiger partial charge in [0.2, 0.25) is 0 Å². The number of hydrogen-bond acceptors (Lipinski definition) is 5. The van der Waals surface area contributed by atoms with E-state index in [-0.39, 0.29) is 18.1 Å².